The first-order chi connectivity index (χ1) is 6.16. The van der Waals surface area contributed by atoms with Gasteiger partial charge in [-0.2, -0.15) is 4.73 Å². The number of nitrogens with zero attached hydrogens (tertiary/aromatic N) is 1. The number of pyridine rings is 1. The molecule has 0 fully saturated rings. The Labute approximate surface area is 76.3 Å². The maximum Gasteiger partial charge on any atom is 0.344 e. The maximum absolute atomic E-state index is 11.2. The molecule has 0 aliphatic rings. The summed E-state index contributed by atoms with van der Waals surface area (Å²) in [5.41, 5.74) is 0.681. The molecule has 1 heterocycles. The van der Waals surface area contributed by atoms with Gasteiger partial charge in [0.15, 0.2) is 6.20 Å². The Balaban J connectivity index is 3.01. The van der Waals surface area contributed by atoms with Crippen LogP contribution < -0.4 is 4.73 Å². The Bertz CT molecular complexity index is 323. The lowest BCUT2D eigenvalue weighted by molar-refractivity contribution is -0.612. The van der Waals surface area contributed by atoms with Crippen LogP contribution in [0.25, 0.3) is 0 Å². The molecule has 0 bridgehead atoms. The van der Waals surface area contributed by atoms with Gasteiger partial charge in [0.2, 0.25) is 5.69 Å². The summed E-state index contributed by atoms with van der Waals surface area (Å²) < 4.78 is 5.42. The molecule has 0 aliphatic heterocycles. The largest absolute Gasteiger partial charge is 0.618 e. The van der Waals surface area contributed by atoms with Gasteiger partial charge < -0.3 is 9.94 Å². The zero-order valence-corrected chi connectivity index (χ0v) is 7.61. The molecular weight excluding hydrogens is 170 g/mol. The van der Waals surface area contributed by atoms with Crippen LogP contribution in [0, 0.1) is 12.1 Å². The van der Waals surface area contributed by atoms with Crippen LogP contribution in [0.1, 0.15) is 23.0 Å². The van der Waals surface area contributed by atoms with Gasteiger partial charge in [0.1, 0.15) is 5.56 Å². The first-order valence-corrected chi connectivity index (χ1v) is 4.02. The number of esters is 1. The molecule has 0 radical (unpaired) electrons. The summed E-state index contributed by atoms with van der Waals surface area (Å²) >= 11 is 0. The molecule has 0 N–H and O–H groups in total. The minimum atomic E-state index is -0.454. The van der Waals surface area contributed by atoms with Crippen molar-refractivity contribution < 1.29 is 14.3 Å². The average Bonchev–Trinajstić information content (AvgIpc) is 2.10. The Kier molecular flexibility index (Phi) is 2.84. The second-order valence-electron chi connectivity index (χ2n) is 2.55. The van der Waals surface area contributed by atoms with Crippen LogP contribution in [0.3, 0.4) is 0 Å². The smallest absolute Gasteiger partial charge is 0.344 e. The summed E-state index contributed by atoms with van der Waals surface area (Å²) in [5, 5.41) is 11.1. The van der Waals surface area contributed by atoms with Crippen LogP contribution >= 0.6 is 0 Å². The SMILES string of the molecule is CCOC(=O)c1ccc[n+]([O-])c1C. The second kappa shape index (κ2) is 3.89. The van der Waals surface area contributed by atoms with Crippen molar-refractivity contribution >= 4 is 5.97 Å². The van der Waals surface area contributed by atoms with E-state index in [1.807, 2.05) is 0 Å². The minimum Gasteiger partial charge on any atom is -0.618 e. The van der Waals surface area contributed by atoms with Gasteiger partial charge in [-0.3, -0.25) is 0 Å². The molecular formula is C9H11NO3. The van der Waals surface area contributed by atoms with Crippen molar-refractivity contribution in [2.45, 2.75) is 13.8 Å². The Morgan fingerprint density at radius 1 is 1.69 bits per heavy atom. The van der Waals surface area contributed by atoms with E-state index in [1.54, 1.807) is 19.9 Å². The van der Waals surface area contributed by atoms with Crippen molar-refractivity contribution in [1.82, 2.24) is 0 Å². The molecule has 1 rings (SSSR count). The van der Waals surface area contributed by atoms with Crippen LogP contribution in [0.15, 0.2) is 18.3 Å². The number of carbonyl (C=O) groups is 1. The summed E-state index contributed by atoms with van der Waals surface area (Å²) in [4.78, 5) is 11.2. The topological polar surface area (TPSA) is 53.2 Å². The number of hydrogen-bond donors (Lipinski definition) is 0. The molecule has 0 aliphatic carbocycles. The molecule has 13 heavy (non-hydrogen) atoms. The Morgan fingerprint density at radius 2 is 2.38 bits per heavy atom. The molecule has 0 unspecified atom stereocenters. The van der Waals surface area contributed by atoms with E-state index in [0.717, 1.165) is 0 Å². The summed E-state index contributed by atoms with van der Waals surface area (Å²) in [6.45, 7) is 3.62. The molecule has 1 aromatic heterocycles. The van der Waals surface area contributed by atoms with Crippen molar-refractivity contribution in [3.8, 4) is 0 Å². The lowest BCUT2D eigenvalue weighted by atomic mass is 10.2. The van der Waals surface area contributed by atoms with E-state index in [1.165, 1.54) is 12.3 Å². The van der Waals surface area contributed by atoms with Gasteiger partial charge in [-0.05, 0) is 13.0 Å². The molecule has 4 heteroatoms. The van der Waals surface area contributed by atoms with Crippen molar-refractivity contribution in [1.29, 1.82) is 0 Å². The molecule has 0 spiro atoms. The van der Waals surface area contributed by atoms with E-state index < -0.39 is 5.97 Å². The highest BCUT2D eigenvalue weighted by Crippen LogP contribution is 2.03. The molecule has 0 aromatic carbocycles. The molecule has 0 amide bonds. The molecule has 0 atom stereocenters. The van der Waals surface area contributed by atoms with Gasteiger partial charge in [-0.15, -0.1) is 0 Å². The van der Waals surface area contributed by atoms with Crippen molar-refractivity contribution in [3.63, 3.8) is 0 Å². The fourth-order valence-electron chi connectivity index (χ4n) is 0.993. The summed E-state index contributed by atoms with van der Waals surface area (Å²) in [7, 11) is 0. The normalized spacial score (nSPS) is 9.69. The van der Waals surface area contributed by atoms with Gasteiger partial charge in [-0.25, -0.2) is 4.79 Å². The summed E-state index contributed by atoms with van der Waals surface area (Å²) in [5.74, 6) is -0.454. The summed E-state index contributed by atoms with van der Waals surface area (Å²) in [6, 6.07) is 3.09. The van der Waals surface area contributed by atoms with Crippen LogP contribution in [0.4, 0.5) is 0 Å². The first kappa shape index (κ1) is 9.51. The van der Waals surface area contributed by atoms with E-state index in [0.29, 0.717) is 22.6 Å². The van der Waals surface area contributed by atoms with Crippen LogP contribution in [0.5, 0.6) is 0 Å². The third-order valence-electron chi connectivity index (χ3n) is 1.70. The molecule has 0 saturated heterocycles. The number of ether oxygens (including phenoxy) is 1. The maximum atomic E-state index is 11.2. The van der Waals surface area contributed by atoms with E-state index in [4.69, 9.17) is 4.74 Å². The molecule has 1 aromatic rings. The van der Waals surface area contributed by atoms with Gasteiger partial charge >= 0.3 is 5.97 Å². The zero-order chi connectivity index (χ0) is 9.84. The Hall–Kier alpha value is -1.58. The van der Waals surface area contributed by atoms with Gasteiger partial charge in [0, 0.05) is 13.0 Å². The highest BCUT2D eigenvalue weighted by molar-refractivity contribution is 5.90. The monoisotopic (exact) mass is 181 g/mol. The van der Waals surface area contributed by atoms with E-state index in [2.05, 4.69) is 0 Å². The van der Waals surface area contributed by atoms with Gasteiger partial charge in [0.25, 0.3) is 0 Å². The van der Waals surface area contributed by atoms with E-state index in [-0.39, 0.29) is 0 Å². The molecule has 0 saturated carbocycles. The number of hydrogen-bond acceptors (Lipinski definition) is 3. The summed E-state index contributed by atoms with van der Waals surface area (Å²) in [6.07, 6.45) is 1.35. The number of rotatable bonds is 2. The zero-order valence-electron chi connectivity index (χ0n) is 7.61. The predicted octanol–water partition coefficient (Wildman–Crippen LogP) is 0.805. The van der Waals surface area contributed by atoms with Crippen molar-refractivity contribution in [2.75, 3.05) is 6.61 Å². The van der Waals surface area contributed by atoms with Gasteiger partial charge in [-0.1, -0.05) is 0 Å². The van der Waals surface area contributed by atoms with E-state index in [9.17, 15) is 10.0 Å². The lowest BCUT2D eigenvalue weighted by Gasteiger charge is -2.04. The first-order valence-electron chi connectivity index (χ1n) is 4.02. The fraction of sp³-hybridized carbons (Fsp3) is 0.333. The molecule has 70 valence electrons. The van der Waals surface area contributed by atoms with Crippen LogP contribution in [0.2, 0.25) is 0 Å². The second-order valence-corrected chi connectivity index (χ2v) is 2.55. The van der Waals surface area contributed by atoms with E-state index >= 15 is 0 Å². The van der Waals surface area contributed by atoms with Crippen molar-refractivity contribution in [3.05, 3.63) is 34.8 Å². The quantitative estimate of drug-likeness (QED) is 0.385. The Morgan fingerprint density at radius 3 is 3.00 bits per heavy atom. The average molecular weight is 181 g/mol. The number of aromatic nitrogens is 1. The number of carbonyl (C=O) groups excluding carboxylic acids is 1. The standard InChI is InChI=1S/C9H11NO3/c1-3-13-9(11)8-5-4-6-10(12)7(8)2/h4-6H,3H2,1-2H3. The van der Waals surface area contributed by atoms with Crippen LogP contribution in [-0.4, -0.2) is 12.6 Å². The third-order valence-corrected chi connectivity index (χ3v) is 1.70. The lowest BCUT2D eigenvalue weighted by Crippen LogP contribution is -2.31. The highest BCUT2D eigenvalue weighted by Gasteiger charge is 2.15. The van der Waals surface area contributed by atoms with Gasteiger partial charge in [0.05, 0.1) is 6.61 Å². The minimum absolute atomic E-state index is 0.312. The predicted molar refractivity (Wildman–Crippen MR) is 46.1 cm³/mol. The fourth-order valence-corrected chi connectivity index (χ4v) is 0.993. The molecule has 4 nitrogen and oxygen atoms in total. The van der Waals surface area contributed by atoms with Crippen molar-refractivity contribution in [2.24, 2.45) is 0 Å². The van der Waals surface area contributed by atoms with Crippen LogP contribution in [-0.2, 0) is 4.74 Å². The third kappa shape index (κ3) is 1.96. The highest BCUT2D eigenvalue weighted by atomic mass is 16.5.